The van der Waals surface area contributed by atoms with Gasteiger partial charge in [0.1, 0.15) is 6.61 Å². The van der Waals surface area contributed by atoms with Gasteiger partial charge in [-0.1, -0.05) is 30.3 Å². The number of nitrogens with one attached hydrogen (secondary N) is 1. The first-order valence-corrected chi connectivity index (χ1v) is 6.49. The minimum atomic E-state index is -0.445. The van der Waals surface area contributed by atoms with Crippen LogP contribution in [0.15, 0.2) is 30.3 Å². The normalized spacial score (nSPS) is 22.2. The van der Waals surface area contributed by atoms with E-state index in [1.807, 2.05) is 30.3 Å². The fraction of sp³-hybridized carbons (Fsp3) is 0.500. The number of benzene rings is 1. The van der Waals surface area contributed by atoms with Gasteiger partial charge >= 0.3 is 6.09 Å². The molecule has 5 heteroatoms. The number of amides is 1. The average molecular weight is 265 g/mol. The molecular weight excluding hydrogens is 246 g/mol. The molecule has 104 valence electrons. The number of ether oxygens (including phenoxy) is 2. The molecular formula is C14H19NO4. The molecule has 0 aromatic heterocycles. The van der Waals surface area contributed by atoms with Gasteiger partial charge in [-0.2, -0.15) is 0 Å². The van der Waals surface area contributed by atoms with Gasteiger partial charge in [0.25, 0.3) is 0 Å². The molecule has 1 aromatic rings. The number of rotatable bonds is 5. The Morgan fingerprint density at radius 3 is 2.74 bits per heavy atom. The van der Waals surface area contributed by atoms with Crippen LogP contribution in [0.5, 0.6) is 0 Å². The zero-order valence-corrected chi connectivity index (χ0v) is 10.7. The van der Waals surface area contributed by atoms with Crippen molar-refractivity contribution in [3.8, 4) is 0 Å². The third-order valence-electron chi connectivity index (χ3n) is 3.09. The zero-order valence-electron chi connectivity index (χ0n) is 10.7. The first kappa shape index (κ1) is 13.8. The van der Waals surface area contributed by atoms with E-state index < -0.39 is 6.09 Å². The number of alkyl carbamates (subject to hydrolysis) is 1. The lowest BCUT2D eigenvalue weighted by molar-refractivity contribution is 0.0120. The molecule has 0 saturated carbocycles. The summed E-state index contributed by atoms with van der Waals surface area (Å²) in [6, 6.07) is 9.52. The van der Waals surface area contributed by atoms with Crippen LogP contribution in [0.1, 0.15) is 18.4 Å². The number of carbonyl (C=O) groups is 1. The van der Waals surface area contributed by atoms with E-state index in [4.69, 9.17) is 14.6 Å². The molecule has 1 heterocycles. The summed E-state index contributed by atoms with van der Waals surface area (Å²) in [5.74, 6) is 0. The van der Waals surface area contributed by atoms with Gasteiger partial charge in [0.05, 0.1) is 18.8 Å². The highest BCUT2D eigenvalue weighted by Crippen LogP contribution is 2.18. The monoisotopic (exact) mass is 265 g/mol. The Bertz CT molecular complexity index is 396. The van der Waals surface area contributed by atoms with E-state index in [9.17, 15) is 4.79 Å². The van der Waals surface area contributed by atoms with E-state index in [2.05, 4.69) is 5.32 Å². The van der Waals surface area contributed by atoms with Crippen LogP contribution < -0.4 is 5.32 Å². The van der Waals surface area contributed by atoms with Crippen LogP contribution in [0.25, 0.3) is 0 Å². The summed E-state index contributed by atoms with van der Waals surface area (Å²) in [6.07, 6.45) is 1.13. The Balaban J connectivity index is 1.63. The van der Waals surface area contributed by atoms with Crippen molar-refractivity contribution in [1.29, 1.82) is 0 Å². The lowest BCUT2D eigenvalue weighted by Gasteiger charge is -2.13. The molecule has 0 unspecified atom stereocenters. The van der Waals surface area contributed by atoms with E-state index in [1.165, 1.54) is 0 Å². The lowest BCUT2D eigenvalue weighted by atomic mass is 10.2. The third-order valence-corrected chi connectivity index (χ3v) is 3.09. The predicted molar refractivity (Wildman–Crippen MR) is 69.6 cm³/mol. The maximum Gasteiger partial charge on any atom is 0.407 e. The van der Waals surface area contributed by atoms with E-state index in [-0.39, 0.29) is 25.4 Å². The molecule has 0 bridgehead atoms. The van der Waals surface area contributed by atoms with Gasteiger partial charge in [-0.3, -0.25) is 0 Å². The Morgan fingerprint density at radius 2 is 2.05 bits per heavy atom. The van der Waals surface area contributed by atoms with Crippen LogP contribution in [-0.2, 0) is 16.1 Å². The second kappa shape index (κ2) is 7.11. The molecule has 2 rings (SSSR count). The quantitative estimate of drug-likeness (QED) is 0.845. The van der Waals surface area contributed by atoms with Gasteiger partial charge < -0.3 is 19.9 Å². The van der Waals surface area contributed by atoms with Crippen molar-refractivity contribution in [3.63, 3.8) is 0 Å². The van der Waals surface area contributed by atoms with Crippen molar-refractivity contribution >= 4 is 6.09 Å². The second-order valence-electron chi connectivity index (χ2n) is 4.58. The molecule has 0 spiro atoms. The first-order valence-electron chi connectivity index (χ1n) is 6.49. The fourth-order valence-electron chi connectivity index (χ4n) is 2.04. The predicted octanol–water partition coefficient (Wildman–Crippen LogP) is 1.45. The summed E-state index contributed by atoms with van der Waals surface area (Å²) in [4.78, 5) is 11.5. The van der Waals surface area contributed by atoms with Crippen LogP contribution in [0, 0.1) is 0 Å². The third kappa shape index (κ3) is 4.54. The van der Waals surface area contributed by atoms with Gasteiger partial charge in [0.2, 0.25) is 0 Å². The summed E-state index contributed by atoms with van der Waals surface area (Å²) in [5, 5.41) is 11.6. The lowest BCUT2D eigenvalue weighted by Crippen LogP contribution is -2.32. The molecule has 0 aliphatic carbocycles. The number of hydrogen-bond donors (Lipinski definition) is 2. The Labute approximate surface area is 112 Å². The summed E-state index contributed by atoms with van der Waals surface area (Å²) in [5.41, 5.74) is 0.954. The van der Waals surface area contributed by atoms with Crippen molar-refractivity contribution in [1.82, 2.24) is 5.32 Å². The molecule has 5 nitrogen and oxygen atoms in total. The Hall–Kier alpha value is -1.59. The van der Waals surface area contributed by atoms with Gasteiger partial charge in [-0.25, -0.2) is 4.79 Å². The van der Waals surface area contributed by atoms with E-state index in [0.29, 0.717) is 6.54 Å². The molecule has 1 aliphatic rings. The van der Waals surface area contributed by atoms with Crippen LogP contribution in [-0.4, -0.2) is 36.6 Å². The maximum atomic E-state index is 11.5. The second-order valence-corrected chi connectivity index (χ2v) is 4.58. The highest BCUT2D eigenvalue weighted by molar-refractivity contribution is 5.67. The fourth-order valence-corrected chi connectivity index (χ4v) is 2.04. The van der Waals surface area contributed by atoms with Crippen molar-refractivity contribution < 1.29 is 19.4 Å². The van der Waals surface area contributed by atoms with Crippen molar-refractivity contribution in [2.75, 3.05) is 13.2 Å². The number of carbonyl (C=O) groups excluding carboxylic acids is 1. The Kier molecular flexibility index (Phi) is 5.18. The van der Waals surface area contributed by atoms with Crippen molar-refractivity contribution in [2.45, 2.75) is 31.7 Å². The van der Waals surface area contributed by atoms with E-state index in [1.54, 1.807) is 0 Å². The molecule has 2 atom stereocenters. The highest BCUT2D eigenvalue weighted by atomic mass is 16.5. The first-order chi connectivity index (χ1) is 9.28. The van der Waals surface area contributed by atoms with Crippen molar-refractivity contribution in [3.05, 3.63) is 35.9 Å². The number of aliphatic hydroxyl groups excluding tert-OH is 1. The molecule has 19 heavy (non-hydrogen) atoms. The van der Waals surface area contributed by atoms with Gasteiger partial charge in [0.15, 0.2) is 0 Å². The van der Waals surface area contributed by atoms with Gasteiger partial charge in [-0.05, 0) is 18.4 Å². The molecule has 1 fully saturated rings. The number of hydrogen-bond acceptors (Lipinski definition) is 4. The molecule has 1 amide bonds. The van der Waals surface area contributed by atoms with Gasteiger partial charge in [-0.15, -0.1) is 0 Å². The topological polar surface area (TPSA) is 67.8 Å². The van der Waals surface area contributed by atoms with Crippen LogP contribution in [0.3, 0.4) is 0 Å². The molecule has 0 radical (unpaired) electrons. The molecule has 1 aromatic carbocycles. The van der Waals surface area contributed by atoms with E-state index in [0.717, 1.165) is 18.4 Å². The van der Waals surface area contributed by atoms with E-state index >= 15 is 0 Å². The average Bonchev–Trinajstić information content (AvgIpc) is 2.92. The minimum Gasteiger partial charge on any atom is -0.445 e. The summed E-state index contributed by atoms with van der Waals surface area (Å²) in [6.45, 7) is 0.719. The maximum absolute atomic E-state index is 11.5. The molecule has 1 aliphatic heterocycles. The van der Waals surface area contributed by atoms with Crippen LogP contribution in [0.2, 0.25) is 0 Å². The standard InChI is InChI=1S/C14H19NO4/c16-9-13-7-6-12(19-13)8-15-14(17)18-10-11-4-2-1-3-5-11/h1-5,12-13,16H,6-10H2,(H,15,17)/t12-,13+/m1/s1. The summed E-state index contributed by atoms with van der Waals surface area (Å²) < 4.78 is 10.6. The van der Waals surface area contributed by atoms with Crippen LogP contribution in [0.4, 0.5) is 4.79 Å². The molecule has 2 N–H and O–H groups in total. The SMILES string of the molecule is O=C(NC[C@H]1CC[C@@H](CO)O1)OCc1ccccc1. The highest BCUT2D eigenvalue weighted by Gasteiger charge is 2.24. The zero-order chi connectivity index (χ0) is 13.5. The van der Waals surface area contributed by atoms with Crippen LogP contribution >= 0.6 is 0 Å². The molecule has 1 saturated heterocycles. The largest absolute Gasteiger partial charge is 0.445 e. The number of aliphatic hydroxyl groups is 1. The smallest absolute Gasteiger partial charge is 0.407 e. The van der Waals surface area contributed by atoms with Gasteiger partial charge in [0, 0.05) is 6.54 Å². The summed E-state index contributed by atoms with van der Waals surface area (Å²) >= 11 is 0. The Morgan fingerprint density at radius 1 is 1.32 bits per heavy atom. The minimum absolute atomic E-state index is 0.0265. The van der Waals surface area contributed by atoms with Crippen molar-refractivity contribution in [2.24, 2.45) is 0 Å². The summed E-state index contributed by atoms with van der Waals surface area (Å²) in [7, 11) is 0.